The molecule has 1 rings (SSSR count). The minimum absolute atomic E-state index is 0.0682. The number of aromatic nitrogens is 1. The summed E-state index contributed by atoms with van der Waals surface area (Å²) in [6.07, 6.45) is 2.89. The smallest absolute Gasteiger partial charge is 0.239 e. The van der Waals surface area contributed by atoms with Crippen LogP contribution in [0.4, 0.5) is 0 Å². The minimum atomic E-state index is -3.62. The van der Waals surface area contributed by atoms with Crippen LogP contribution in [0.2, 0.25) is 0 Å². The molecule has 0 bridgehead atoms. The molecular weight excluding hydrogens is 188 g/mol. The Morgan fingerprint density at radius 1 is 1.38 bits per heavy atom. The van der Waals surface area contributed by atoms with E-state index in [1.54, 1.807) is 12.3 Å². The maximum Gasteiger partial charge on any atom is 0.239 e. The highest BCUT2D eigenvalue weighted by atomic mass is 32.2. The van der Waals surface area contributed by atoms with Crippen LogP contribution in [0, 0.1) is 0 Å². The molecular formula is C8H12N2O2S. The number of rotatable bonds is 2. The van der Waals surface area contributed by atoms with Crippen molar-refractivity contribution in [3.8, 4) is 0 Å². The quantitative estimate of drug-likeness (QED) is 0.769. The summed E-state index contributed by atoms with van der Waals surface area (Å²) in [6, 6.07) is 1.55. The van der Waals surface area contributed by atoms with Gasteiger partial charge in [0.25, 0.3) is 0 Å². The normalized spacial score (nSPS) is 12.0. The summed E-state index contributed by atoms with van der Waals surface area (Å²) >= 11 is 0. The van der Waals surface area contributed by atoms with E-state index >= 15 is 0 Å². The van der Waals surface area contributed by atoms with Gasteiger partial charge in [0, 0.05) is 12.4 Å². The molecule has 0 aromatic carbocycles. The molecule has 0 saturated carbocycles. The van der Waals surface area contributed by atoms with Crippen molar-refractivity contribution in [2.75, 3.05) is 0 Å². The predicted octanol–water partition coefficient (Wildman–Crippen LogP) is 0.852. The van der Waals surface area contributed by atoms with Gasteiger partial charge in [0.2, 0.25) is 10.0 Å². The molecule has 0 unspecified atom stereocenters. The standard InChI is InChI=1S/C8H12N2O2S/c1-6(2)7-3-8(5-10-4-7)13(9,11)12/h3-6H,1-2H3,(H2,9,11,12). The van der Waals surface area contributed by atoms with Crippen molar-refractivity contribution in [3.05, 3.63) is 24.0 Å². The molecule has 0 fully saturated rings. The first kappa shape index (κ1) is 10.1. The van der Waals surface area contributed by atoms with Crippen molar-refractivity contribution in [1.29, 1.82) is 0 Å². The second kappa shape index (κ2) is 3.43. The fourth-order valence-corrected chi connectivity index (χ4v) is 1.42. The van der Waals surface area contributed by atoms with Gasteiger partial charge in [-0.2, -0.15) is 0 Å². The van der Waals surface area contributed by atoms with Gasteiger partial charge in [-0.3, -0.25) is 4.98 Å². The molecule has 1 aromatic heterocycles. The van der Waals surface area contributed by atoms with Crippen molar-refractivity contribution in [2.45, 2.75) is 24.7 Å². The van der Waals surface area contributed by atoms with Crippen molar-refractivity contribution < 1.29 is 8.42 Å². The monoisotopic (exact) mass is 200 g/mol. The molecule has 1 heterocycles. The Kier molecular flexibility index (Phi) is 2.68. The Balaban J connectivity index is 3.21. The van der Waals surface area contributed by atoms with E-state index in [2.05, 4.69) is 4.98 Å². The van der Waals surface area contributed by atoms with Crippen LogP contribution in [-0.2, 0) is 10.0 Å². The van der Waals surface area contributed by atoms with Crippen LogP contribution in [0.15, 0.2) is 23.4 Å². The van der Waals surface area contributed by atoms with Crippen LogP contribution in [0.5, 0.6) is 0 Å². The summed E-state index contributed by atoms with van der Waals surface area (Å²) < 4.78 is 21.9. The van der Waals surface area contributed by atoms with Gasteiger partial charge in [-0.1, -0.05) is 13.8 Å². The molecule has 0 aliphatic carbocycles. The molecule has 5 heteroatoms. The number of sulfonamides is 1. The fourth-order valence-electron chi connectivity index (χ4n) is 0.907. The Morgan fingerprint density at radius 2 is 2.00 bits per heavy atom. The summed E-state index contributed by atoms with van der Waals surface area (Å²) in [5.41, 5.74) is 0.867. The molecule has 1 aromatic rings. The first-order valence-corrected chi connectivity index (χ1v) is 5.43. The van der Waals surface area contributed by atoms with E-state index in [0.717, 1.165) is 5.56 Å². The van der Waals surface area contributed by atoms with Gasteiger partial charge in [0.05, 0.1) is 0 Å². The summed E-state index contributed by atoms with van der Waals surface area (Å²) in [7, 11) is -3.62. The second-order valence-corrected chi connectivity index (χ2v) is 4.72. The summed E-state index contributed by atoms with van der Waals surface area (Å²) in [6.45, 7) is 3.92. The molecule has 0 aliphatic heterocycles. The molecule has 13 heavy (non-hydrogen) atoms. The maximum absolute atomic E-state index is 10.9. The summed E-state index contributed by atoms with van der Waals surface area (Å²) in [5, 5.41) is 4.96. The second-order valence-electron chi connectivity index (χ2n) is 3.15. The van der Waals surface area contributed by atoms with Crippen LogP contribution in [0.25, 0.3) is 0 Å². The first-order chi connectivity index (χ1) is 5.91. The maximum atomic E-state index is 10.9. The van der Waals surface area contributed by atoms with Crippen molar-refractivity contribution in [1.82, 2.24) is 4.98 Å². The third-order valence-electron chi connectivity index (χ3n) is 1.73. The largest absolute Gasteiger partial charge is 0.263 e. The van der Waals surface area contributed by atoms with E-state index in [0.29, 0.717) is 0 Å². The minimum Gasteiger partial charge on any atom is -0.263 e. The molecule has 0 atom stereocenters. The predicted molar refractivity (Wildman–Crippen MR) is 49.7 cm³/mol. The van der Waals surface area contributed by atoms with E-state index in [4.69, 9.17) is 5.14 Å². The third kappa shape index (κ3) is 2.50. The zero-order valence-corrected chi connectivity index (χ0v) is 8.38. The Labute approximate surface area is 77.8 Å². The molecule has 72 valence electrons. The van der Waals surface area contributed by atoms with Gasteiger partial charge in [0.1, 0.15) is 4.90 Å². The highest BCUT2D eigenvalue weighted by Gasteiger charge is 2.09. The molecule has 0 amide bonds. The summed E-state index contributed by atoms with van der Waals surface area (Å²) in [5.74, 6) is 0.245. The average Bonchev–Trinajstić information content (AvgIpc) is 2.03. The van der Waals surface area contributed by atoms with E-state index in [9.17, 15) is 8.42 Å². The van der Waals surface area contributed by atoms with Crippen LogP contribution in [0.3, 0.4) is 0 Å². The van der Waals surface area contributed by atoms with Crippen LogP contribution in [0.1, 0.15) is 25.3 Å². The average molecular weight is 200 g/mol. The number of hydrogen-bond donors (Lipinski definition) is 1. The molecule has 0 aliphatic rings. The van der Waals surface area contributed by atoms with Crippen LogP contribution in [-0.4, -0.2) is 13.4 Å². The zero-order chi connectivity index (χ0) is 10.1. The van der Waals surface area contributed by atoms with Gasteiger partial charge in [-0.05, 0) is 17.5 Å². The SMILES string of the molecule is CC(C)c1cncc(S(N)(=O)=O)c1. The van der Waals surface area contributed by atoms with E-state index in [1.807, 2.05) is 13.8 Å². The number of nitrogens with two attached hydrogens (primary N) is 1. The molecule has 4 nitrogen and oxygen atoms in total. The van der Waals surface area contributed by atoms with E-state index in [1.165, 1.54) is 6.20 Å². The lowest BCUT2D eigenvalue weighted by Crippen LogP contribution is -2.12. The Morgan fingerprint density at radius 3 is 2.46 bits per heavy atom. The lowest BCUT2D eigenvalue weighted by molar-refractivity contribution is 0.597. The fraction of sp³-hybridized carbons (Fsp3) is 0.375. The van der Waals surface area contributed by atoms with Gasteiger partial charge >= 0.3 is 0 Å². The topological polar surface area (TPSA) is 73.0 Å². The van der Waals surface area contributed by atoms with Crippen molar-refractivity contribution in [3.63, 3.8) is 0 Å². The summed E-state index contributed by atoms with van der Waals surface area (Å²) in [4.78, 5) is 3.88. The highest BCUT2D eigenvalue weighted by Crippen LogP contribution is 2.15. The lowest BCUT2D eigenvalue weighted by Gasteiger charge is -2.05. The Hall–Kier alpha value is -0.940. The molecule has 0 radical (unpaired) electrons. The van der Waals surface area contributed by atoms with Gasteiger partial charge in [0.15, 0.2) is 0 Å². The van der Waals surface area contributed by atoms with Crippen LogP contribution < -0.4 is 5.14 Å². The van der Waals surface area contributed by atoms with Gasteiger partial charge in [-0.25, -0.2) is 13.6 Å². The lowest BCUT2D eigenvalue weighted by atomic mass is 10.1. The Bertz CT molecular complexity index is 398. The number of nitrogens with zero attached hydrogens (tertiary/aromatic N) is 1. The molecule has 0 spiro atoms. The molecule has 2 N–H and O–H groups in total. The number of hydrogen-bond acceptors (Lipinski definition) is 3. The first-order valence-electron chi connectivity index (χ1n) is 3.89. The molecule has 0 saturated heterocycles. The van der Waals surface area contributed by atoms with Crippen molar-refractivity contribution >= 4 is 10.0 Å². The van der Waals surface area contributed by atoms with E-state index in [-0.39, 0.29) is 10.8 Å². The number of primary sulfonamides is 1. The number of pyridine rings is 1. The third-order valence-corrected chi connectivity index (χ3v) is 2.61. The highest BCUT2D eigenvalue weighted by molar-refractivity contribution is 7.89. The van der Waals surface area contributed by atoms with Crippen molar-refractivity contribution in [2.24, 2.45) is 5.14 Å². The van der Waals surface area contributed by atoms with E-state index < -0.39 is 10.0 Å². The van der Waals surface area contributed by atoms with Gasteiger partial charge < -0.3 is 0 Å². The van der Waals surface area contributed by atoms with Crippen LogP contribution >= 0.6 is 0 Å². The van der Waals surface area contributed by atoms with Gasteiger partial charge in [-0.15, -0.1) is 0 Å². The zero-order valence-electron chi connectivity index (χ0n) is 7.56.